The standard InChI is InChI=1S/C23H32O3/c1-16(2)8-6-9-17(3)10-7-11-18(4)12-13-20-19(5)21(15-24)23(26)14-22(20)25/h8,10,12,14-15,25-26H,6-7,9,11,13H2,1-5H3. The van der Waals surface area contributed by atoms with Crippen LogP contribution in [-0.2, 0) is 6.42 Å². The molecule has 0 heterocycles. The molecule has 1 aromatic carbocycles. The topological polar surface area (TPSA) is 57.5 Å². The molecule has 0 bridgehead atoms. The first-order valence-corrected chi connectivity index (χ1v) is 9.20. The van der Waals surface area contributed by atoms with Crippen LogP contribution < -0.4 is 0 Å². The van der Waals surface area contributed by atoms with E-state index >= 15 is 0 Å². The molecule has 0 saturated heterocycles. The van der Waals surface area contributed by atoms with Crippen molar-refractivity contribution < 1.29 is 15.0 Å². The number of phenols is 2. The van der Waals surface area contributed by atoms with Crippen molar-refractivity contribution in [3.05, 3.63) is 57.7 Å². The Kier molecular flexibility index (Phi) is 8.91. The summed E-state index contributed by atoms with van der Waals surface area (Å²) in [7, 11) is 0. The maximum absolute atomic E-state index is 11.1. The lowest BCUT2D eigenvalue weighted by Crippen LogP contribution is -1.96. The van der Waals surface area contributed by atoms with E-state index in [1.165, 1.54) is 22.8 Å². The van der Waals surface area contributed by atoms with Crippen molar-refractivity contribution in [2.75, 3.05) is 0 Å². The molecule has 0 aliphatic heterocycles. The lowest BCUT2D eigenvalue weighted by molar-refractivity contribution is 0.112. The summed E-state index contributed by atoms with van der Waals surface area (Å²) in [5.74, 6) is -0.141. The average molecular weight is 357 g/mol. The van der Waals surface area contributed by atoms with Crippen LogP contribution in [0.4, 0.5) is 0 Å². The Labute approximate surface area is 157 Å². The van der Waals surface area contributed by atoms with Crippen molar-refractivity contribution in [2.24, 2.45) is 0 Å². The molecule has 0 radical (unpaired) electrons. The highest BCUT2D eigenvalue weighted by Gasteiger charge is 2.13. The number of aldehydes is 1. The van der Waals surface area contributed by atoms with Crippen molar-refractivity contribution in [1.29, 1.82) is 0 Å². The van der Waals surface area contributed by atoms with Gasteiger partial charge in [0.05, 0.1) is 5.56 Å². The molecule has 1 aromatic rings. The van der Waals surface area contributed by atoms with E-state index in [0.29, 0.717) is 23.8 Å². The van der Waals surface area contributed by atoms with Crippen LogP contribution in [0.2, 0.25) is 0 Å². The summed E-state index contributed by atoms with van der Waals surface area (Å²) in [6, 6.07) is 1.24. The van der Waals surface area contributed by atoms with Crippen LogP contribution in [0.25, 0.3) is 0 Å². The average Bonchev–Trinajstić information content (AvgIpc) is 2.54. The van der Waals surface area contributed by atoms with Gasteiger partial charge in [-0.2, -0.15) is 0 Å². The third-order valence-electron chi connectivity index (χ3n) is 4.61. The first-order valence-electron chi connectivity index (χ1n) is 9.20. The van der Waals surface area contributed by atoms with Gasteiger partial charge in [-0.1, -0.05) is 34.9 Å². The van der Waals surface area contributed by atoms with Crippen molar-refractivity contribution in [2.45, 2.75) is 66.7 Å². The summed E-state index contributed by atoms with van der Waals surface area (Å²) in [4.78, 5) is 11.1. The fourth-order valence-electron chi connectivity index (χ4n) is 2.86. The zero-order valence-corrected chi connectivity index (χ0v) is 16.7. The van der Waals surface area contributed by atoms with Gasteiger partial charge >= 0.3 is 0 Å². The van der Waals surface area contributed by atoms with E-state index in [0.717, 1.165) is 25.7 Å². The van der Waals surface area contributed by atoms with Gasteiger partial charge in [0.2, 0.25) is 0 Å². The molecule has 2 N–H and O–H groups in total. The van der Waals surface area contributed by atoms with Crippen LogP contribution >= 0.6 is 0 Å². The minimum Gasteiger partial charge on any atom is -0.508 e. The van der Waals surface area contributed by atoms with Crippen molar-refractivity contribution in [3.8, 4) is 11.5 Å². The van der Waals surface area contributed by atoms with Crippen LogP contribution in [0.1, 0.15) is 74.9 Å². The van der Waals surface area contributed by atoms with E-state index in [9.17, 15) is 15.0 Å². The number of benzene rings is 1. The fraction of sp³-hybridized carbons (Fsp3) is 0.435. The molecule has 0 saturated carbocycles. The summed E-state index contributed by atoms with van der Waals surface area (Å²) >= 11 is 0. The summed E-state index contributed by atoms with van der Waals surface area (Å²) in [5, 5.41) is 19.8. The van der Waals surface area contributed by atoms with Gasteiger partial charge in [-0.3, -0.25) is 4.79 Å². The molecule has 3 heteroatoms. The number of aromatic hydroxyl groups is 2. The van der Waals surface area contributed by atoms with Gasteiger partial charge in [0.25, 0.3) is 0 Å². The molecule has 26 heavy (non-hydrogen) atoms. The van der Waals surface area contributed by atoms with E-state index < -0.39 is 0 Å². The third-order valence-corrected chi connectivity index (χ3v) is 4.61. The number of carbonyl (C=O) groups excluding carboxylic acids is 1. The number of allylic oxidation sites excluding steroid dienone is 6. The first-order chi connectivity index (χ1) is 12.3. The van der Waals surface area contributed by atoms with Gasteiger partial charge in [0, 0.05) is 11.6 Å². The Morgan fingerprint density at radius 3 is 2.08 bits per heavy atom. The van der Waals surface area contributed by atoms with Gasteiger partial charge in [-0.25, -0.2) is 0 Å². The normalized spacial score (nSPS) is 12.2. The van der Waals surface area contributed by atoms with E-state index in [1.807, 2.05) is 0 Å². The quantitative estimate of drug-likeness (QED) is 0.410. The fourth-order valence-corrected chi connectivity index (χ4v) is 2.86. The molecule has 0 unspecified atom stereocenters. The second-order valence-corrected chi connectivity index (χ2v) is 7.21. The SMILES string of the molecule is CC(C)=CCCC(C)=CCCC(C)=CCc1c(O)cc(O)c(C=O)c1C. The number of phenolic OH excluding ortho intramolecular Hbond substituents is 2. The highest BCUT2D eigenvalue weighted by Crippen LogP contribution is 2.31. The molecule has 0 fully saturated rings. The van der Waals surface area contributed by atoms with Crippen molar-refractivity contribution in [3.63, 3.8) is 0 Å². The summed E-state index contributed by atoms with van der Waals surface area (Å²) in [6.07, 6.45) is 12.0. The minimum atomic E-state index is -0.173. The maximum Gasteiger partial charge on any atom is 0.154 e. The lowest BCUT2D eigenvalue weighted by atomic mass is 9.97. The minimum absolute atomic E-state index is 0.0321. The summed E-state index contributed by atoms with van der Waals surface area (Å²) < 4.78 is 0. The predicted octanol–water partition coefficient (Wildman–Crippen LogP) is 6.18. The maximum atomic E-state index is 11.1. The second-order valence-electron chi connectivity index (χ2n) is 7.21. The predicted molar refractivity (Wildman–Crippen MR) is 109 cm³/mol. The van der Waals surface area contributed by atoms with E-state index in [2.05, 4.69) is 45.9 Å². The van der Waals surface area contributed by atoms with Gasteiger partial charge in [-0.15, -0.1) is 0 Å². The molecule has 1 rings (SSSR count). The molecule has 0 spiro atoms. The van der Waals surface area contributed by atoms with E-state index in [-0.39, 0.29) is 17.1 Å². The first kappa shape index (κ1) is 21.8. The molecule has 142 valence electrons. The van der Waals surface area contributed by atoms with Gasteiger partial charge in [-0.05, 0) is 72.3 Å². The third kappa shape index (κ3) is 6.91. The molecule has 0 aliphatic carbocycles. The van der Waals surface area contributed by atoms with Crippen LogP contribution in [0.15, 0.2) is 41.0 Å². The highest BCUT2D eigenvalue weighted by atomic mass is 16.3. The smallest absolute Gasteiger partial charge is 0.154 e. The van der Waals surface area contributed by atoms with Crippen LogP contribution in [-0.4, -0.2) is 16.5 Å². The highest BCUT2D eigenvalue weighted by molar-refractivity contribution is 5.83. The summed E-state index contributed by atoms with van der Waals surface area (Å²) in [5.41, 5.74) is 5.60. The monoisotopic (exact) mass is 356 g/mol. The van der Waals surface area contributed by atoms with Gasteiger partial charge < -0.3 is 10.2 Å². The Bertz CT molecular complexity index is 717. The Balaban J connectivity index is 2.65. The van der Waals surface area contributed by atoms with Gasteiger partial charge in [0.15, 0.2) is 6.29 Å². The van der Waals surface area contributed by atoms with Crippen LogP contribution in [0, 0.1) is 6.92 Å². The Morgan fingerprint density at radius 1 is 0.923 bits per heavy atom. The zero-order chi connectivity index (χ0) is 19.7. The Morgan fingerprint density at radius 2 is 1.50 bits per heavy atom. The molecule has 0 amide bonds. The number of rotatable bonds is 9. The second kappa shape index (κ2) is 10.6. The van der Waals surface area contributed by atoms with Gasteiger partial charge in [0.1, 0.15) is 11.5 Å². The molecule has 0 aliphatic rings. The number of hydrogen-bond acceptors (Lipinski definition) is 3. The molecular weight excluding hydrogens is 324 g/mol. The number of hydrogen-bond donors (Lipinski definition) is 2. The zero-order valence-electron chi connectivity index (χ0n) is 16.7. The summed E-state index contributed by atoms with van der Waals surface area (Å²) in [6.45, 7) is 10.3. The molecular formula is C23H32O3. The van der Waals surface area contributed by atoms with Crippen molar-refractivity contribution in [1.82, 2.24) is 0 Å². The Hall–Kier alpha value is -2.29. The molecule has 3 nitrogen and oxygen atoms in total. The molecule has 0 aromatic heterocycles. The molecule has 0 atom stereocenters. The lowest BCUT2D eigenvalue weighted by Gasteiger charge is -2.11. The van der Waals surface area contributed by atoms with E-state index in [1.54, 1.807) is 6.92 Å². The van der Waals surface area contributed by atoms with Crippen LogP contribution in [0.5, 0.6) is 11.5 Å². The van der Waals surface area contributed by atoms with E-state index in [4.69, 9.17) is 0 Å². The largest absolute Gasteiger partial charge is 0.508 e. The van der Waals surface area contributed by atoms with Crippen molar-refractivity contribution >= 4 is 6.29 Å². The number of carbonyl (C=O) groups is 1. The van der Waals surface area contributed by atoms with Crippen LogP contribution in [0.3, 0.4) is 0 Å².